The molecule has 0 aliphatic rings. The van der Waals surface area contributed by atoms with Gasteiger partial charge in [0.05, 0.1) is 11.5 Å². The van der Waals surface area contributed by atoms with E-state index >= 15 is 0 Å². The van der Waals surface area contributed by atoms with Gasteiger partial charge < -0.3 is 15.8 Å². The summed E-state index contributed by atoms with van der Waals surface area (Å²) in [5.41, 5.74) is 5.81. The first-order valence-corrected chi connectivity index (χ1v) is 5.84. The van der Waals surface area contributed by atoms with E-state index in [1.807, 2.05) is 13.0 Å². The van der Waals surface area contributed by atoms with E-state index in [9.17, 15) is 14.9 Å². The van der Waals surface area contributed by atoms with E-state index in [1.165, 1.54) is 12.1 Å². The maximum atomic E-state index is 10.7. The lowest BCUT2D eigenvalue weighted by atomic mass is 10.1. The second kappa shape index (κ2) is 7.45. The highest BCUT2D eigenvalue weighted by atomic mass is 16.6. The Kier molecular flexibility index (Phi) is 5.91. The Morgan fingerprint density at radius 1 is 1.58 bits per heavy atom. The maximum absolute atomic E-state index is 10.7. The number of nitrogens with one attached hydrogen (secondary N) is 1. The number of nitro groups is 1. The fourth-order valence-electron chi connectivity index (χ4n) is 1.55. The van der Waals surface area contributed by atoms with E-state index < -0.39 is 10.8 Å². The lowest BCUT2D eigenvalue weighted by molar-refractivity contribution is -0.384. The van der Waals surface area contributed by atoms with Crippen LogP contribution < -0.4 is 11.1 Å². The molecule has 0 fully saturated rings. The molecule has 0 saturated heterocycles. The molecule has 1 aromatic carbocycles. The fraction of sp³-hybridized carbons (Fsp3) is 0.417. The molecule has 1 rings (SSSR count). The van der Waals surface area contributed by atoms with E-state index in [4.69, 9.17) is 10.5 Å². The van der Waals surface area contributed by atoms with Gasteiger partial charge in [-0.25, -0.2) is 0 Å². The number of amides is 1. The van der Waals surface area contributed by atoms with Crippen LogP contribution in [0.1, 0.15) is 18.5 Å². The normalized spacial score (nSPS) is 12.1. The molecule has 0 aliphatic carbocycles. The lowest BCUT2D eigenvalue weighted by Crippen LogP contribution is -2.26. The molecule has 104 valence electrons. The standard InChI is InChI=1S/C12H17N3O4/c1-9(14-5-6-19-8-12(13)16)10-3-2-4-11(7-10)15(17)18/h2-4,7,9,14H,5-6,8H2,1H3,(H2,13,16). The Morgan fingerprint density at radius 3 is 2.95 bits per heavy atom. The predicted molar refractivity (Wildman–Crippen MR) is 69.5 cm³/mol. The molecule has 0 radical (unpaired) electrons. The molecule has 0 saturated carbocycles. The Labute approximate surface area is 110 Å². The zero-order valence-electron chi connectivity index (χ0n) is 10.7. The van der Waals surface area contributed by atoms with Gasteiger partial charge in [-0.1, -0.05) is 12.1 Å². The van der Waals surface area contributed by atoms with Crippen LogP contribution in [-0.4, -0.2) is 30.6 Å². The molecular weight excluding hydrogens is 250 g/mol. The van der Waals surface area contributed by atoms with Crippen LogP contribution in [0.15, 0.2) is 24.3 Å². The molecule has 0 aliphatic heterocycles. The summed E-state index contributed by atoms with van der Waals surface area (Å²) in [6.07, 6.45) is 0. The molecule has 7 heteroatoms. The molecule has 0 heterocycles. The summed E-state index contributed by atoms with van der Waals surface area (Å²) >= 11 is 0. The average Bonchev–Trinajstić information content (AvgIpc) is 2.37. The summed E-state index contributed by atoms with van der Waals surface area (Å²) in [6.45, 7) is 2.67. The van der Waals surface area contributed by atoms with Gasteiger partial charge in [-0.15, -0.1) is 0 Å². The Hall–Kier alpha value is -1.99. The first-order chi connectivity index (χ1) is 9.00. The molecule has 1 amide bonds. The average molecular weight is 267 g/mol. The van der Waals surface area contributed by atoms with Gasteiger partial charge in [0, 0.05) is 24.7 Å². The Bertz CT molecular complexity index is 450. The second-order valence-electron chi connectivity index (χ2n) is 4.05. The SMILES string of the molecule is CC(NCCOCC(N)=O)c1cccc([N+](=O)[O-])c1. The van der Waals surface area contributed by atoms with Crippen molar-refractivity contribution in [3.05, 3.63) is 39.9 Å². The second-order valence-corrected chi connectivity index (χ2v) is 4.05. The van der Waals surface area contributed by atoms with E-state index in [0.29, 0.717) is 13.2 Å². The van der Waals surface area contributed by atoms with Crippen molar-refractivity contribution in [2.24, 2.45) is 5.73 Å². The van der Waals surface area contributed by atoms with Gasteiger partial charge in [0.15, 0.2) is 0 Å². The van der Waals surface area contributed by atoms with E-state index in [-0.39, 0.29) is 18.3 Å². The van der Waals surface area contributed by atoms with Crippen LogP contribution in [0.4, 0.5) is 5.69 Å². The quantitative estimate of drug-likeness (QED) is 0.410. The summed E-state index contributed by atoms with van der Waals surface area (Å²) in [6, 6.07) is 6.40. The molecule has 3 N–H and O–H groups in total. The third kappa shape index (κ3) is 5.45. The fourth-order valence-corrected chi connectivity index (χ4v) is 1.55. The minimum atomic E-state index is -0.508. The summed E-state index contributed by atoms with van der Waals surface area (Å²) < 4.78 is 5.00. The van der Waals surface area contributed by atoms with Crippen LogP contribution in [0.2, 0.25) is 0 Å². The number of carbonyl (C=O) groups is 1. The van der Waals surface area contributed by atoms with Crippen LogP contribution in [0.5, 0.6) is 0 Å². The van der Waals surface area contributed by atoms with E-state index in [2.05, 4.69) is 5.32 Å². The zero-order chi connectivity index (χ0) is 14.3. The summed E-state index contributed by atoms with van der Waals surface area (Å²) in [5.74, 6) is -0.508. The van der Waals surface area contributed by atoms with Crippen LogP contribution in [0.3, 0.4) is 0 Å². The first kappa shape index (κ1) is 15.1. The van der Waals surface area contributed by atoms with Crippen LogP contribution in [0.25, 0.3) is 0 Å². The number of hydrogen-bond donors (Lipinski definition) is 2. The van der Waals surface area contributed by atoms with Crippen LogP contribution in [-0.2, 0) is 9.53 Å². The number of ether oxygens (including phenoxy) is 1. The largest absolute Gasteiger partial charge is 0.370 e. The highest BCUT2D eigenvalue weighted by molar-refractivity contribution is 5.74. The lowest BCUT2D eigenvalue weighted by Gasteiger charge is -2.13. The van der Waals surface area contributed by atoms with Crippen LogP contribution >= 0.6 is 0 Å². The zero-order valence-corrected chi connectivity index (χ0v) is 10.7. The van der Waals surface area contributed by atoms with Crippen molar-refractivity contribution in [1.82, 2.24) is 5.32 Å². The Morgan fingerprint density at radius 2 is 2.32 bits per heavy atom. The number of nitrogens with two attached hydrogens (primary N) is 1. The third-order valence-electron chi connectivity index (χ3n) is 2.52. The van der Waals surface area contributed by atoms with Gasteiger partial charge in [-0.3, -0.25) is 14.9 Å². The van der Waals surface area contributed by atoms with Gasteiger partial charge >= 0.3 is 0 Å². The number of non-ortho nitro benzene ring substituents is 1. The number of carbonyl (C=O) groups excluding carboxylic acids is 1. The number of hydrogen-bond acceptors (Lipinski definition) is 5. The van der Waals surface area contributed by atoms with Gasteiger partial charge in [-0.05, 0) is 12.5 Å². The number of nitro benzene ring substituents is 1. The van der Waals surface area contributed by atoms with Crippen molar-refractivity contribution < 1.29 is 14.5 Å². The van der Waals surface area contributed by atoms with E-state index in [1.54, 1.807) is 6.07 Å². The third-order valence-corrected chi connectivity index (χ3v) is 2.52. The van der Waals surface area contributed by atoms with Gasteiger partial charge in [0.1, 0.15) is 6.61 Å². The maximum Gasteiger partial charge on any atom is 0.269 e. The smallest absolute Gasteiger partial charge is 0.269 e. The van der Waals surface area contributed by atoms with Gasteiger partial charge in [0.2, 0.25) is 5.91 Å². The molecule has 1 aromatic rings. The molecular formula is C12H17N3O4. The molecule has 0 spiro atoms. The number of primary amides is 1. The highest BCUT2D eigenvalue weighted by Crippen LogP contribution is 2.18. The number of benzene rings is 1. The summed E-state index contributed by atoms with van der Waals surface area (Å²) in [5, 5.41) is 13.8. The molecule has 0 bridgehead atoms. The number of nitrogens with zero attached hydrogens (tertiary/aromatic N) is 1. The van der Waals surface area contributed by atoms with Crippen molar-refractivity contribution in [3.63, 3.8) is 0 Å². The number of rotatable bonds is 8. The molecule has 1 unspecified atom stereocenters. The molecule has 1 atom stereocenters. The summed E-state index contributed by atoms with van der Waals surface area (Å²) in [4.78, 5) is 20.7. The molecule has 7 nitrogen and oxygen atoms in total. The predicted octanol–water partition coefficient (Wildman–Crippen LogP) is 0.747. The molecule has 19 heavy (non-hydrogen) atoms. The van der Waals surface area contributed by atoms with Gasteiger partial charge in [0.25, 0.3) is 5.69 Å². The van der Waals surface area contributed by atoms with Crippen molar-refractivity contribution in [2.45, 2.75) is 13.0 Å². The van der Waals surface area contributed by atoms with Crippen molar-refractivity contribution in [1.29, 1.82) is 0 Å². The van der Waals surface area contributed by atoms with Crippen molar-refractivity contribution in [3.8, 4) is 0 Å². The minimum absolute atomic E-state index is 0.0444. The molecule has 0 aromatic heterocycles. The minimum Gasteiger partial charge on any atom is -0.370 e. The first-order valence-electron chi connectivity index (χ1n) is 5.84. The van der Waals surface area contributed by atoms with Crippen molar-refractivity contribution >= 4 is 11.6 Å². The highest BCUT2D eigenvalue weighted by Gasteiger charge is 2.10. The summed E-state index contributed by atoms with van der Waals surface area (Å²) in [7, 11) is 0. The monoisotopic (exact) mass is 267 g/mol. The van der Waals surface area contributed by atoms with Crippen LogP contribution in [0, 0.1) is 10.1 Å². The van der Waals surface area contributed by atoms with Gasteiger partial charge in [-0.2, -0.15) is 0 Å². The Balaban J connectivity index is 2.40. The topological polar surface area (TPSA) is 107 Å². The van der Waals surface area contributed by atoms with E-state index in [0.717, 1.165) is 5.56 Å². The van der Waals surface area contributed by atoms with Crippen molar-refractivity contribution in [2.75, 3.05) is 19.8 Å².